The SMILES string of the molecule is NC(=O)CNC(=O)CSc1nnnn1C1CC1. The van der Waals surface area contributed by atoms with Gasteiger partial charge in [-0.3, -0.25) is 9.59 Å². The van der Waals surface area contributed by atoms with Crippen molar-refractivity contribution in [3.8, 4) is 0 Å². The largest absolute Gasteiger partial charge is 0.368 e. The van der Waals surface area contributed by atoms with Gasteiger partial charge in [0.2, 0.25) is 17.0 Å². The highest BCUT2D eigenvalue weighted by Gasteiger charge is 2.28. The van der Waals surface area contributed by atoms with Crippen molar-refractivity contribution in [2.75, 3.05) is 12.3 Å². The topological polar surface area (TPSA) is 116 Å². The Morgan fingerprint density at radius 1 is 1.53 bits per heavy atom. The molecule has 9 heteroatoms. The van der Waals surface area contributed by atoms with Crippen LogP contribution in [-0.2, 0) is 9.59 Å². The molecule has 1 aromatic rings. The standard InChI is InChI=1S/C8H12N6O2S/c9-6(15)3-10-7(16)4-17-8-11-12-13-14(8)5-1-2-5/h5H,1-4H2,(H2,9,15)(H,10,16). The van der Waals surface area contributed by atoms with Gasteiger partial charge in [-0.2, -0.15) is 0 Å². The molecule has 8 nitrogen and oxygen atoms in total. The molecule has 3 N–H and O–H groups in total. The van der Waals surface area contributed by atoms with Crippen LogP contribution < -0.4 is 11.1 Å². The minimum absolute atomic E-state index is 0.146. The number of thioether (sulfide) groups is 1. The normalized spacial score (nSPS) is 14.6. The van der Waals surface area contributed by atoms with Crippen LogP contribution in [0.5, 0.6) is 0 Å². The number of nitrogens with zero attached hydrogens (tertiary/aromatic N) is 4. The zero-order chi connectivity index (χ0) is 12.3. The van der Waals surface area contributed by atoms with E-state index in [4.69, 9.17) is 5.73 Å². The molecule has 0 spiro atoms. The zero-order valence-electron chi connectivity index (χ0n) is 9.00. The molecule has 0 saturated heterocycles. The highest BCUT2D eigenvalue weighted by molar-refractivity contribution is 7.99. The monoisotopic (exact) mass is 256 g/mol. The van der Waals surface area contributed by atoms with Gasteiger partial charge in [-0.1, -0.05) is 11.8 Å². The summed E-state index contributed by atoms with van der Waals surface area (Å²) >= 11 is 1.24. The maximum absolute atomic E-state index is 11.3. The van der Waals surface area contributed by atoms with Gasteiger partial charge in [-0.15, -0.1) is 5.10 Å². The van der Waals surface area contributed by atoms with Crippen molar-refractivity contribution >= 4 is 23.6 Å². The van der Waals surface area contributed by atoms with E-state index in [1.54, 1.807) is 4.68 Å². The Kier molecular flexibility index (Phi) is 3.57. The lowest BCUT2D eigenvalue weighted by Gasteiger charge is -2.02. The predicted octanol–water partition coefficient (Wildman–Crippen LogP) is -1.30. The Morgan fingerprint density at radius 3 is 2.94 bits per heavy atom. The predicted molar refractivity (Wildman–Crippen MR) is 59.0 cm³/mol. The molecule has 2 amide bonds. The van der Waals surface area contributed by atoms with Crippen molar-refractivity contribution < 1.29 is 9.59 Å². The van der Waals surface area contributed by atoms with Gasteiger partial charge < -0.3 is 11.1 Å². The van der Waals surface area contributed by atoms with Gasteiger partial charge in [0.1, 0.15) is 0 Å². The van der Waals surface area contributed by atoms with E-state index in [2.05, 4.69) is 20.8 Å². The summed E-state index contributed by atoms with van der Waals surface area (Å²) in [6, 6.07) is 0.376. The molecule has 1 aliphatic rings. The molecule has 92 valence electrons. The van der Waals surface area contributed by atoms with E-state index in [0.717, 1.165) is 12.8 Å². The molecular formula is C8H12N6O2S. The first-order valence-corrected chi connectivity index (χ1v) is 6.11. The highest BCUT2D eigenvalue weighted by Crippen LogP contribution is 2.36. The van der Waals surface area contributed by atoms with Crippen molar-refractivity contribution in [1.82, 2.24) is 25.5 Å². The van der Waals surface area contributed by atoms with Crippen LogP contribution in [-0.4, -0.2) is 44.3 Å². The third-order valence-electron chi connectivity index (χ3n) is 2.15. The fourth-order valence-electron chi connectivity index (χ4n) is 1.20. The maximum atomic E-state index is 11.3. The minimum atomic E-state index is -0.564. The zero-order valence-corrected chi connectivity index (χ0v) is 9.81. The van der Waals surface area contributed by atoms with Gasteiger partial charge >= 0.3 is 0 Å². The Hall–Kier alpha value is -1.64. The van der Waals surface area contributed by atoms with Crippen LogP contribution in [0, 0.1) is 0 Å². The Labute approximate surface area is 101 Å². The number of hydrogen-bond acceptors (Lipinski definition) is 6. The number of primary amides is 1. The molecule has 2 rings (SSSR count). The van der Waals surface area contributed by atoms with Gasteiger partial charge in [0, 0.05) is 0 Å². The second-order valence-electron chi connectivity index (χ2n) is 3.67. The number of rotatable bonds is 6. The van der Waals surface area contributed by atoms with Crippen LogP contribution in [0.25, 0.3) is 0 Å². The van der Waals surface area contributed by atoms with Crippen molar-refractivity contribution in [3.63, 3.8) is 0 Å². The summed E-state index contributed by atoms with van der Waals surface area (Å²) in [6.07, 6.45) is 2.15. The number of aromatic nitrogens is 4. The average molecular weight is 256 g/mol. The van der Waals surface area contributed by atoms with Gasteiger partial charge in [0.25, 0.3) is 0 Å². The number of amides is 2. The third-order valence-corrected chi connectivity index (χ3v) is 3.08. The minimum Gasteiger partial charge on any atom is -0.368 e. The summed E-state index contributed by atoms with van der Waals surface area (Å²) in [7, 11) is 0. The second kappa shape index (κ2) is 5.13. The molecule has 0 aromatic carbocycles. The van der Waals surface area contributed by atoms with E-state index in [1.807, 2.05) is 0 Å². The van der Waals surface area contributed by atoms with E-state index >= 15 is 0 Å². The first-order chi connectivity index (χ1) is 8.16. The van der Waals surface area contributed by atoms with Crippen LogP contribution in [0.3, 0.4) is 0 Å². The molecule has 0 bridgehead atoms. The molecule has 0 aliphatic heterocycles. The first kappa shape index (κ1) is 11.8. The lowest BCUT2D eigenvalue weighted by Crippen LogP contribution is -2.34. The number of nitrogens with two attached hydrogens (primary N) is 1. The Morgan fingerprint density at radius 2 is 2.29 bits per heavy atom. The van der Waals surface area contributed by atoms with Crippen LogP contribution in [0.15, 0.2) is 5.16 Å². The molecule has 0 radical (unpaired) electrons. The average Bonchev–Trinajstić information content (AvgIpc) is 3.03. The Bertz CT molecular complexity index is 429. The van der Waals surface area contributed by atoms with E-state index in [-0.39, 0.29) is 18.2 Å². The van der Waals surface area contributed by atoms with Gasteiger partial charge in [0.15, 0.2) is 0 Å². The smallest absolute Gasteiger partial charge is 0.236 e. The Balaban J connectivity index is 1.78. The van der Waals surface area contributed by atoms with E-state index in [0.29, 0.717) is 11.2 Å². The summed E-state index contributed by atoms with van der Waals surface area (Å²) < 4.78 is 1.73. The summed E-state index contributed by atoms with van der Waals surface area (Å²) in [6.45, 7) is -0.146. The number of carbonyl (C=O) groups excluding carboxylic acids is 2. The summed E-state index contributed by atoms with van der Waals surface area (Å²) in [5, 5.41) is 14.3. The van der Waals surface area contributed by atoms with E-state index in [1.165, 1.54) is 11.8 Å². The molecule has 1 aliphatic carbocycles. The summed E-state index contributed by atoms with van der Waals surface area (Å²) in [5.41, 5.74) is 4.91. The molecular weight excluding hydrogens is 244 g/mol. The van der Waals surface area contributed by atoms with Gasteiger partial charge in [0.05, 0.1) is 18.3 Å². The van der Waals surface area contributed by atoms with Gasteiger partial charge in [-0.05, 0) is 23.3 Å². The number of nitrogens with one attached hydrogen (secondary N) is 1. The van der Waals surface area contributed by atoms with Crippen LogP contribution in [0.1, 0.15) is 18.9 Å². The third kappa shape index (κ3) is 3.41. The lowest BCUT2D eigenvalue weighted by atomic mass is 10.6. The molecule has 17 heavy (non-hydrogen) atoms. The van der Waals surface area contributed by atoms with E-state index in [9.17, 15) is 9.59 Å². The number of tetrazole rings is 1. The molecule has 1 heterocycles. The number of hydrogen-bond donors (Lipinski definition) is 2. The lowest BCUT2D eigenvalue weighted by molar-refractivity contribution is -0.123. The van der Waals surface area contributed by atoms with Crippen molar-refractivity contribution in [3.05, 3.63) is 0 Å². The van der Waals surface area contributed by atoms with Crippen molar-refractivity contribution in [1.29, 1.82) is 0 Å². The van der Waals surface area contributed by atoms with Crippen LogP contribution in [0.4, 0.5) is 0 Å². The summed E-state index contributed by atoms with van der Waals surface area (Å²) in [4.78, 5) is 21.8. The molecule has 1 aromatic heterocycles. The highest BCUT2D eigenvalue weighted by atomic mass is 32.2. The van der Waals surface area contributed by atoms with Crippen molar-refractivity contribution in [2.24, 2.45) is 5.73 Å². The fraction of sp³-hybridized carbons (Fsp3) is 0.625. The fourth-order valence-corrected chi connectivity index (χ4v) is 1.97. The maximum Gasteiger partial charge on any atom is 0.236 e. The second-order valence-corrected chi connectivity index (χ2v) is 4.61. The van der Waals surface area contributed by atoms with Crippen LogP contribution in [0.2, 0.25) is 0 Å². The van der Waals surface area contributed by atoms with E-state index < -0.39 is 5.91 Å². The molecule has 0 atom stereocenters. The quantitative estimate of drug-likeness (QED) is 0.611. The van der Waals surface area contributed by atoms with Gasteiger partial charge in [-0.25, -0.2) is 4.68 Å². The first-order valence-electron chi connectivity index (χ1n) is 5.12. The van der Waals surface area contributed by atoms with Crippen LogP contribution >= 0.6 is 11.8 Å². The molecule has 1 saturated carbocycles. The summed E-state index contributed by atoms with van der Waals surface area (Å²) in [5.74, 6) is -0.661. The van der Waals surface area contributed by atoms with Crippen molar-refractivity contribution in [2.45, 2.75) is 24.0 Å². The molecule has 0 unspecified atom stereocenters. The molecule has 1 fully saturated rings. The number of carbonyl (C=O) groups is 2.